The van der Waals surface area contributed by atoms with Gasteiger partial charge in [0.25, 0.3) is 10.1 Å². The van der Waals surface area contributed by atoms with E-state index in [0.29, 0.717) is 10.9 Å². The number of carboxylic acid groups (broad SMARTS) is 1. The molecular weight excluding hydrogens is 442 g/mol. The van der Waals surface area contributed by atoms with Gasteiger partial charge >= 0.3 is 12.1 Å². The van der Waals surface area contributed by atoms with Crippen LogP contribution in [0.2, 0.25) is 0 Å². The predicted molar refractivity (Wildman–Crippen MR) is 99.8 cm³/mol. The van der Waals surface area contributed by atoms with Crippen molar-refractivity contribution in [1.29, 1.82) is 0 Å². The first kappa shape index (κ1) is 21.6. The Morgan fingerprint density at radius 3 is 2.52 bits per heavy atom. The lowest BCUT2D eigenvalue weighted by Gasteiger charge is -2.29. The van der Waals surface area contributed by atoms with Crippen molar-refractivity contribution < 1.29 is 32.0 Å². The number of unbranched alkanes of at least 4 members (excludes halogenated alkanes) is 1. The summed E-state index contributed by atoms with van der Waals surface area (Å²) in [6, 6.07) is 5.87. The van der Waals surface area contributed by atoms with Crippen LogP contribution in [0.1, 0.15) is 33.1 Å². The van der Waals surface area contributed by atoms with Crippen LogP contribution >= 0.6 is 15.9 Å². The number of hydrogen-bond donors (Lipinski definition) is 1. The van der Waals surface area contributed by atoms with E-state index in [9.17, 15) is 23.1 Å². The molecule has 0 unspecified atom stereocenters. The molecule has 0 aromatic heterocycles. The minimum atomic E-state index is -4.10. The quantitative estimate of drug-likeness (QED) is 0.488. The number of aliphatic carboxylic acids is 1. The minimum Gasteiger partial charge on any atom is -0.480 e. The Kier molecular flexibility index (Phi) is 6.87. The molecule has 8 nitrogen and oxygen atoms in total. The molecule has 2 atom stereocenters. The van der Waals surface area contributed by atoms with Gasteiger partial charge in [0.2, 0.25) is 0 Å². The number of carboxylic acids is 1. The molecular formula is C17H22BrNO7S. The summed E-state index contributed by atoms with van der Waals surface area (Å²) in [4.78, 5) is 25.0. The van der Waals surface area contributed by atoms with E-state index >= 15 is 0 Å². The molecule has 1 heterocycles. The maximum Gasteiger partial charge on any atom is 0.410 e. The van der Waals surface area contributed by atoms with Crippen LogP contribution in [0.25, 0.3) is 0 Å². The number of carbonyl (C=O) groups excluding carboxylic acids is 1. The lowest BCUT2D eigenvalue weighted by molar-refractivity contribution is -0.147. The molecule has 1 aromatic rings. The first-order chi connectivity index (χ1) is 12.6. The van der Waals surface area contributed by atoms with E-state index in [1.807, 2.05) is 6.92 Å². The molecule has 0 radical (unpaired) electrons. The Labute approximate surface area is 166 Å². The van der Waals surface area contributed by atoms with E-state index in [0.717, 1.165) is 11.3 Å². The van der Waals surface area contributed by atoms with Crippen LogP contribution in [0.15, 0.2) is 33.6 Å². The molecule has 27 heavy (non-hydrogen) atoms. The fraction of sp³-hybridized carbons (Fsp3) is 0.529. The molecule has 1 aliphatic heterocycles. The number of rotatable bonds is 7. The fourth-order valence-corrected chi connectivity index (χ4v) is 4.12. The second-order valence-corrected chi connectivity index (χ2v) is 8.98. The van der Waals surface area contributed by atoms with E-state index in [4.69, 9.17) is 8.92 Å². The highest BCUT2D eigenvalue weighted by Crippen LogP contribution is 2.33. The largest absolute Gasteiger partial charge is 0.480 e. The Bertz CT molecular complexity index is 796. The van der Waals surface area contributed by atoms with Crippen LogP contribution in [-0.4, -0.2) is 55.3 Å². The SMILES string of the molecule is CCCCOC(=O)N1C[C@@H](OS(=O)(=O)c2ccc(Br)cc2)C[C@@]1(C)C(=O)O. The van der Waals surface area contributed by atoms with Crippen LogP contribution in [0.3, 0.4) is 0 Å². The summed E-state index contributed by atoms with van der Waals surface area (Å²) in [5, 5.41) is 9.57. The van der Waals surface area contributed by atoms with Crippen molar-refractivity contribution in [2.75, 3.05) is 13.2 Å². The van der Waals surface area contributed by atoms with E-state index in [1.54, 1.807) is 12.1 Å². The normalized spacial score (nSPS) is 22.6. The zero-order valence-corrected chi connectivity index (χ0v) is 17.5. The molecule has 1 fully saturated rings. The molecule has 150 valence electrons. The van der Waals surface area contributed by atoms with E-state index in [1.165, 1.54) is 19.1 Å². The summed E-state index contributed by atoms with van der Waals surface area (Å²) < 4.78 is 35.9. The zero-order valence-electron chi connectivity index (χ0n) is 15.1. The second-order valence-electron chi connectivity index (χ2n) is 6.49. The van der Waals surface area contributed by atoms with Crippen LogP contribution in [0.4, 0.5) is 4.79 Å². The average Bonchev–Trinajstić information content (AvgIpc) is 2.92. The molecule has 1 saturated heterocycles. The van der Waals surface area contributed by atoms with Gasteiger partial charge in [-0.1, -0.05) is 29.3 Å². The molecule has 0 saturated carbocycles. The van der Waals surface area contributed by atoms with Crippen LogP contribution in [0, 0.1) is 0 Å². The minimum absolute atomic E-state index is 0.0494. The Morgan fingerprint density at radius 2 is 1.96 bits per heavy atom. The van der Waals surface area contributed by atoms with Crippen LogP contribution < -0.4 is 0 Å². The van der Waals surface area contributed by atoms with Crippen molar-refractivity contribution in [1.82, 2.24) is 4.90 Å². The van der Waals surface area contributed by atoms with Crippen molar-refractivity contribution in [3.05, 3.63) is 28.7 Å². The summed E-state index contributed by atoms with van der Waals surface area (Å²) in [7, 11) is -4.10. The van der Waals surface area contributed by atoms with Crippen molar-refractivity contribution in [3.8, 4) is 0 Å². The number of halogens is 1. The summed E-state index contributed by atoms with van der Waals surface area (Å²) in [6.45, 7) is 3.27. The standard InChI is InChI=1S/C17H22BrNO7S/c1-3-4-9-25-16(22)19-11-13(10-17(19,2)15(20)21)26-27(23,24)14-7-5-12(18)6-8-14/h5-8,13H,3-4,9-11H2,1-2H3,(H,20,21)/t13-,17-/m0/s1. The van der Waals surface area contributed by atoms with Gasteiger partial charge in [0, 0.05) is 10.9 Å². The number of ether oxygens (including phenoxy) is 1. The molecule has 2 rings (SSSR count). The lowest BCUT2D eigenvalue weighted by atomic mass is 9.99. The number of nitrogens with zero attached hydrogens (tertiary/aromatic N) is 1. The third-order valence-corrected chi connectivity index (χ3v) is 6.28. The molecule has 0 spiro atoms. The van der Waals surface area contributed by atoms with Gasteiger partial charge in [0.1, 0.15) is 5.54 Å². The number of amides is 1. The van der Waals surface area contributed by atoms with E-state index in [-0.39, 0.29) is 24.5 Å². The van der Waals surface area contributed by atoms with Gasteiger partial charge in [-0.3, -0.25) is 9.08 Å². The summed E-state index contributed by atoms with van der Waals surface area (Å²) >= 11 is 3.22. The number of benzene rings is 1. The lowest BCUT2D eigenvalue weighted by Crippen LogP contribution is -2.51. The zero-order chi connectivity index (χ0) is 20.2. The van der Waals surface area contributed by atoms with Gasteiger partial charge < -0.3 is 9.84 Å². The highest BCUT2D eigenvalue weighted by atomic mass is 79.9. The number of carbonyl (C=O) groups is 2. The number of hydrogen-bond acceptors (Lipinski definition) is 6. The third-order valence-electron chi connectivity index (χ3n) is 4.38. The van der Waals surface area contributed by atoms with Crippen molar-refractivity contribution in [2.24, 2.45) is 0 Å². The second kappa shape index (κ2) is 8.57. The summed E-state index contributed by atoms with van der Waals surface area (Å²) in [5.41, 5.74) is -1.61. The fourth-order valence-electron chi connectivity index (χ4n) is 2.78. The van der Waals surface area contributed by atoms with E-state index in [2.05, 4.69) is 15.9 Å². The molecule has 1 amide bonds. The van der Waals surface area contributed by atoms with E-state index < -0.39 is 33.8 Å². The van der Waals surface area contributed by atoms with Gasteiger partial charge in [-0.05, 0) is 37.6 Å². The van der Waals surface area contributed by atoms with Crippen LogP contribution in [-0.2, 0) is 23.8 Å². The molecule has 10 heteroatoms. The molecule has 1 aliphatic rings. The monoisotopic (exact) mass is 463 g/mol. The van der Waals surface area contributed by atoms with Gasteiger partial charge in [0.05, 0.1) is 24.2 Å². The molecule has 1 aromatic carbocycles. The predicted octanol–water partition coefficient (Wildman–Crippen LogP) is 3.01. The third kappa shape index (κ3) is 4.99. The molecule has 1 N–H and O–H groups in total. The van der Waals surface area contributed by atoms with Gasteiger partial charge in [-0.25, -0.2) is 9.59 Å². The molecule has 0 bridgehead atoms. The smallest absolute Gasteiger partial charge is 0.410 e. The Balaban J connectivity index is 2.16. The highest BCUT2D eigenvalue weighted by Gasteiger charge is 2.52. The van der Waals surface area contributed by atoms with Crippen LogP contribution in [0.5, 0.6) is 0 Å². The van der Waals surface area contributed by atoms with Gasteiger partial charge in [-0.2, -0.15) is 8.42 Å². The summed E-state index contributed by atoms with van der Waals surface area (Å²) in [5.74, 6) is -1.25. The van der Waals surface area contributed by atoms with Gasteiger partial charge in [-0.15, -0.1) is 0 Å². The topological polar surface area (TPSA) is 110 Å². The number of likely N-dealkylation sites (tertiary alicyclic amines) is 1. The Hall–Kier alpha value is -1.65. The maximum absolute atomic E-state index is 12.4. The van der Waals surface area contributed by atoms with Gasteiger partial charge in [0.15, 0.2) is 0 Å². The molecule has 0 aliphatic carbocycles. The highest BCUT2D eigenvalue weighted by molar-refractivity contribution is 9.10. The van der Waals surface area contributed by atoms with Crippen molar-refractivity contribution >= 4 is 38.1 Å². The summed E-state index contributed by atoms with van der Waals surface area (Å²) in [6.07, 6.45) is -0.470. The van der Waals surface area contributed by atoms with Crippen molar-refractivity contribution in [2.45, 2.75) is 49.6 Å². The van der Waals surface area contributed by atoms with Crippen molar-refractivity contribution in [3.63, 3.8) is 0 Å². The first-order valence-corrected chi connectivity index (χ1v) is 10.7. The maximum atomic E-state index is 12.4. The average molecular weight is 464 g/mol. The Morgan fingerprint density at radius 1 is 1.33 bits per heavy atom. The first-order valence-electron chi connectivity index (χ1n) is 8.47.